The predicted octanol–water partition coefficient (Wildman–Crippen LogP) is 5.35. The molecule has 0 bridgehead atoms. The van der Waals surface area contributed by atoms with Crippen LogP contribution in [0, 0.1) is 6.92 Å². The second-order valence-electron chi connectivity index (χ2n) is 8.32. The van der Waals surface area contributed by atoms with E-state index < -0.39 is 0 Å². The summed E-state index contributed by atoms with van der Waals surface area (Å²) >= 11 is 0. The van der Waals surface area contributed by atoms with Gasteiger partial charge in [-0.2, -0.15) is 0 Å². The van der Waals surface area contributed by atoms with Crippen LogP contribution in [0.1, 0.15) is 32.1 Å². The Kier molecular flexibility index (Phi) is 8.93. The van der Waals surface area contributed by atoms with Gasteiger partial charge in [0.15, 0.2) is 5.82 Å². The average Bonchev–Trinajstić information content (AvgIpc) is 3.39. The molecule has 0 aliphatic carbocycles. The van der Waals surface area contributed by atoms with E-state index in [-0.39, 0.29) is 23.4 Å². The molecule has 2 heterocycles. The van der Waals surface area contributed by atoms with Crippen LogP contribution in [0.5, 0.6) is 11.6 Å². The average molecular weight is 509 g/mol. The van der Waals surface area contributed by atoms with Crippen LogP contribution in [-0.2, 0) is 4.74 Å². The third-order valence-corrected chi connectivity index (χ3v) is 5.48. The first-order valence-electron chi connectivity index (χ1n) is 12.1. The summed E-state index contributed by atoms with van der Waals surface area (Å²) in [6.07, 6.45) is 1.54. The highest BCUT2D eigenvalue weighted by atomic mass is 16.5. The van der Waals surface area contributed by atoms with E-state index in [1.807, 2.05) is 42.5 Å². The minimum absolute atomic E-state index is 0.175. The van der Waals surface area contributed by atoms with Gasteiger partial charge in [0.1, 0.15) is 11.3 Å². The maximum absolute atomic E-state index is 12.7. The van der Waals surface area contributed by atoms with Gasteiger partial charge < -0.3 is 19.8 Å². The number of amides is 1. The monoisotopic (exact) mass is 508 g/mol. The Morgan fingerprint density at radius 3 is 2.32 bits per heavy atom. The highest BCUT2D eigenvalue weighted by Gasteiger charge is 2.16. The zero-order chi connectivity index (χ0) is 26.7. The number of aromatic amines is 1. The zero-order valence-corrected chi connectivity index (χ0v) is 21.2. The number of benzene rings is 3. The molecule has 0 aliphatic heterocycles. The van der Waals surface area contributed by atoms with Crippen molar-refractivity contribution in [3.63, 3.8) is 0 Å². The number of methoxy groups -OCH3 is 1. The number of aryl methyl sites for hydroxylation is 1. The summed E-state index contributed by atoms with van der Waals surface area (Å²) in [4.78, 5) is 36.6. The Bertz CT molecular complexity index is 1470. The molecule has 2 aromatic heterocycles. The third-order valence-electron chi connectivity index (χ3n) is 5.48. The van der Waals surface area contributed by atoms with Crippen LogP contribution in [0.25, 0.3) is 11.0 Å². The number of carbonyl (C=O) groups is 2. The Morgan fingerprint density at radius 1 is 0.895 bits per heavy atom. The summed E-state index contributed by atoms with van der Waals surface area (Å²) in [5, 5.41) is 2.74. The van der Waals surface area contributed by atoms with E-state index in [4.69, 9.17) is 9.47 Å². The Morgan fingerprint density at radius 2 is 1.63 bits per heavy atom. The molecule has 0 saturated carbocycles. The Labute approximate surface area is 220 Å². The van der Waals surface area contributed by atoms with Crippen molar-refractivity contribution in [2.45, 2.75) is 6.92 Å². The number of carbonyl (C=O) groups excluding carboxylic acids is 2. The lowest BCUT2D eigenvalue weighted by Gasteiger charge is -2.10. The van der Waals surface area contributed by atoms with Crippen LogP contribution in [0.15, 0.2) is 97.2 Å². The van der Waals surface area contributed by atoms with E-state index in [1.165, 1.54) is 5.56 Å². The molecule has 0 spiro atoms. The summed E-state index contributed by atoms with van der Waals surface area (Å²) in [5.74, 6) is 0.366. The van der Waals surface area contributed by atoms with E-state index in [1.54, 1.807) is 49.7 Å². The number of H-pyrrole nitrogens is 1. The maximum Gasteiger partial charge on any atom is 0.256 e. The van der Waals surface area contributed by atoms with E-state index >= 15 is 0 Å². The van der Waals surface area contributed by atoms with Crippen LogP contribution < -0.4 is 10.1 Å². The lowest BCUT2D eigenvalue weighted by molar-refractivity contribution is 0.0933. The molecule has 3 aromatic carbocycles. The van der Waals surface area contributed by atoms with Crippen LogP contribution >= 0.6 is 0 Å². The SMILES string of the molecule is COCCNC(=O)c1cccnc1Oc1ccc(C(=O)c2nc3ccccc3[nH]2)cc1.Cc1ccccc1. The zero-order valence-electron chi connectivity index (χ0n) is 21.2. The number of fused-ring (bicyclic) bond motifs is 1. The van der Waals surface area contributed by atoms with Gasteiger partial charge >= 0.3 is 0 Å². The molecule has 8 heteroatoms. The second-order valence-corrected chi connectivity index (χ2v) is 8.32. The Hall–Kier alpha value is -4.82. The number of rotatable bonds is 8. The Balaban J connectivity index is 0.000000417. The number of pyridine rings is 1. The van der Waals surface area contributed by atoms with Crippen molar-refractivity contribution in [1.29, 1.82) is 0 Å². The van der Waals surface area contributed by atoms with Crippen molar-refractivity contribution in [2.24, 2.45) is 0 Å². The molecule has 8 nitrogen and oxygen atoms in total. The molecule has 0 radical (unpaired) electrons. The summed E-state index contributed by atoms with van der Waals surface area (Å²) in [7, 11) is 1.56. The highest BCUT2D eigenvalue weighted by Crippen LogP contribution is 2.24. The number of ether oxygens (including phenoxy) is 2. The number of hydrogen-bond acceptors (Lipinski definition) is 6. The molecule has 0 aliphatic rings. The fourth-order valence-corrected chi connectivity index (χ4v) is 3.52. The van der Waals surface area contributed by atoms with Crippen molar-refractivity contribution < 1.29 is 19.1 Å². The van der Waals surface area contributed by atoms with Crippen molar-refractivity contribution in [3.8, 4) is 11.6 Å². The first-order valence-corrected chi connectivity index (χ1v) is 12.1. The molecule has 0 atom stereocenters. The number of imidazole rings is 1. The van der Waals surface area contributed by atoms with Gasteiger partial charge in [-0.25, -0.2) is 9.97 Å². The molecule has 2 N–H and O–H groups in total. The lowest BCUT2D eigenvalue weighted by atomic mass is 10.1. The summed E-state index contributed by atoms with van der Waals surface area (Å²) in [5.41, 5.74) is 3.63. The maximum atomic E-state index is 12.7. The first kappa shape index (κ1) is 26.2. The summed E-state index contributed by atoms with van der Waals surface area (Å²) in [6, 6.07) is 27.6. The topological polar surface area (TPSA) is 106 Å². The number of para-hydroxylation sites is 2. The quantitative estimate of drug-likeness (QED) is 0.216. The van der Waals surface area contributed by atoms with Gasteiger partial charge in [0.25, 0.3) is 5.91 Å². The highest BCUT2D eigenvalue weighted by molar-refractivity contribution is 6.08. The fraction of sp³-hybridized carbons (Fsp3) is 0.133. The second kappa shape index (κ2) is 12.9. The van der Waals surface area contributed by atoms with Crippen LogP contribution in [-0.4, -0.2) is 46.9 Å². The van der Waals surface area contributed by atoms with E-state index in [2.05, 4.69) is 39.3 Å². The summed E-state index contributed by atoms with van der Waals surface area (Å²) < 4.78 is 10.7. The van der Waals surface area contributed by atoms with Gasteiger partial charge in [-0.1, -0.05) is 48.0 Å². The minimum Gasteiger partial charge on any atom is -0.438 e. The molecule has 192 valence electrons. The predicted molar refractivity (Wildman–Crippen MR) is 146 cm³/mol. The molecule has 38 heavy (non-hydrogen) atoms. The van der Waals surface area contributed by atoms with Gasteiger partial charge in [-0.3, -0.25) is 9.59 Å². The van der Waals surface area contributed by atoms with Crippen LogP contribution in [0.4, 0.5) is 0 Å². The van der Waals surface area contributed by atoms with E-state index in [0.717, 1.165) is 11.0 Å². The third kappa shape index (κ3) is 6.89. The molecular formula is C30H28N4O4. The smallest absolute Gasteiger partial charge is 0.256 e. The van der Waals surface area contributed by atoms with Crippen LogP contribution in [0.3, 0.4) is 0 Å². The van der Waals surface area contributed by atoms with E-state index in [9.17, 15) is 9.59 Å². The van der Waals surface area contributed by atoms with Gasteiger partial charge in [-0.15, -0.1) is 0 Å². The largest absolute Gasteiger partial charge is 0.438 e. The normalized spacial score (nSPS) is 10.4. The summed E-state index contributed by atoms with van der Waals surface area (Å²) in [6.45, 7) is 2.87. The number of hydrogen-bond donors (Lipinski definition) is 2. The van der Waals surface area contributed by atoms with Gasteiger partial charge in [0, 0.05) is 25.4 Å². The van der Waals surface area contributed by atoms with Crippen molar-refractivity contribution in [2.75, 3.05) is 20.3 Å². The van der Waals surface area contributed by atoms with E-state index in [0.29, 0.717) is 30.0 Å². The van der Waals surface area contributed by atoms with Gasteiger partial charge in [0.05, 0.1) is 17.6 Å². The van der Waals surface area contributed by atoms with Crippen LogP contribution in [0.2, 0.25) is 0 Å². The van der Waals surface area contributed by atoms with Crippen molar-refractivity contribution >= 4 is 22.7 Å². The number of nitrogens with zero attached hydrogens (tertiary/aromatic N) is 2. The molecule has 0 saturated heterocycles. The van der Waals surface area contributed by atoms with Crippen molar-refractivity contribution in [1.82, 2.24) is 20.3 Å². The standard InChI is InChI=1S/C23H20N4O4.C7H8/c1-30-14-13-24-22(29)17-5-4-12-25-23(17)31-16-10-8-15(9-11-16)20(28)21-26-18-6-2-3-7-19(18)27-21;1-7-5-3-2-4-6-7/h2-12H,13-14H2,1H3,(H,24,29)(H,26,27);2-6H,1H3. The molecule has 0 fully saturated rings. The minimum atomic E-state index is -0.308. The number of ketones is 1. The number of nitrogens with one attached hydrogen (secondary N) is 2. The molecular weight excluding hydrogens is 480 g/mol. The molecule has 5 aromatic rings. The fourth-order valence-electron chi connectivity index (χ4n) is 3.52. The molecule has 0 unspecified atom stereocenters. The molecule has 5 rings (SSSR count). The van der Waals surface area contributed by atoms with Crippen molar-refractivity contribution in [3.05, 3.63) is 120 Å². The van der Waals surface area contributed by atoms with Gasteiger partial charge in [0.2, 0.25) is 11.7 Å². The molecule has 1 amide bonds. The lowest BCUT2D eigenvalue weighted by Crippen LogP contribution is -2.27. The van der Waals surface area contributed by atoms with Gasteiger partial charge in [-0.05, 0) is 55.5 Å². The first-order chi connectivity index (χ1) is 18.5. The number of aromatic nitrogens is 3.